The molecule has 0 unspecified atom stereocenters. The van der Waals surface area contributed by atoms with Gasteiger partial charge in [-0.05, 0) is 39.3 Å². The van der Waals surface area contributed by atoms with E-state index in [0.717, 1.165) is 18.7 Å². The van der Waals surface area contributed by atoms with Gasteiger partial charge < -0.3 is 0 Å². The topological polar surface area (TPSA) is 27.0 Å². The van der Waals surface area contributed by atoms with Crippen LogP contribution in [0.3, 0.4) is 0 Å². The van der Waals surface area contributed by atoms with E-state index >= 15 is 0 Å². The molecule has 1 aliphatic heterocycles. The summed E-state index contributed by atoms with van der Waals surface area (Å²) in [5, 5.41) is 9.34. The van der Waals surface area contributed by atoms with E-state index in [9.17, 15) is 9.65 Å². The monoisotopic (exact) mass is 260 g/mol. The summed E-state index contributed by atoms with van der Waals surface area (Å²) in [6.07, 6.45) is 0. The van der Waals surface area contributed by atoms with Crippen molar-refractivity contribution in [1.29, 1.82) is 5.26 Å². The molecule has 1 fully saturated rings. The summed E-state index contributed by atoms with van der Waals surface area (Å²) >= 11 is 0. The largest absolute Gasteiger partial charge is 0.297 e. The van der Waals surface area contributed by atoms with Crippen molar-refractivity contribution in [3.05, 3.63) is 35.1 Å². The molecule has 19 heavy (non-hydrogen) atoms. The summed E-state index contributed by atoms with van der Waals surface area (Å²) in [5.74, 6) is -0.341. The van der Waals surface area contributed by atoms with Crippen molar-refractivity contribution in [3.63, 3.8) is 0 Å². The lowest BCUT2D eigenvalue weighted by Crippen LogP contribution is -2.39. The summed E-state index contributed by atoms with van der Waals surface area (Å²) in [4.78, 5) is 2.27. The smallest absolute Gasteiger partial charge is 0.126 e. The zero-order valence-corrected chi connectivity index (χ0v) is 12.1. The molecule has 0 aliphatic carbocycles. The van der Waals surface area contributed by atoms with Gasteiger partial charge in [-0.15, -0.1) is 0 Å². The van der Waals surface area contributed by atoms with Gasteiger partial charge in [-0.2, -0.15) is 5.26 Å². The van der Waals surface area contributed by atoms with Crippen molar-refractivity contribution in [2.75, 3.05) is 13.1 Å². The minimum atomic E-state index is -0.188. The van der Waals surface area contributed by atoms with Crippen LogP contribution < -0.4 is 0 Å². The maximum Gasteiger partial charge on any atom is 0.126 e. The molecule has 0 N–H and O–H groups in total. The van der Waals surface area contributed by atoms with E-state index in [2.05, 4.69) is 31.7 Å². The van der Waals surface area contributed by atoms with E-state index in [1.54, 1.807) is 6.07 Å². The Bertz CT molecular complexity index is 510. The van der Waals surface area contributed by atoms with Crippen molar-refractivity contribution in [2.24, 2.45) is 5.92 Å². The van der Waals surface area contributed by atoms with Crippen molar-refractivity contribution in [2.45, 2.75) is 39.2 Å². The standard InChI is InChI=1S/C16H21FN2/c1-11-5-6-15(17)13(7-11)14-10-19(16(2,3)4)9-12(14)8-18/h5-7,12,14H,9-10H2,1-4H3/t12-,14-/m0/s1. The second-order valence-electron chi connectivity index (χ2n) is 6.44. The Kier molecular flexibility index (Phi) is 3.64. The molecule has 0 bridgehead atoms. The number of nitriles is 1. The van der Waals surface area contributed by atoms with E-state index in [4.69, 9.17) is 0 Å². The van der Waals surface area contributed by atoms with Crippen LogP contribution in [-0.4, -0.2) is 23.5 Å². The Morgan fingerprint density at radius 3 is 2.58 bits per heavy atom. The van der Waals surface area contributed by atoms with E-state index in [0.29, 0.717) is 5.56 Å². The fourth-order valence-electron chi connectivity index (χ4n) is 2.74. The van der Waals surface area contributed by atoms with Crippen LogP contribution in [0.25, 0.3) is 0 Å². The minimum absolute atomic E-state index is 0.0180. The number of benzene rings is 1. The number of hydrogen-bond donors (Lipinski definition) is 0. The van der Waals surface area contributed by atoms with Crippen molar-refractivity contribution >= 4 is 0 Å². The van der Waals surface area contributed by atoms with Gasteiger partial charge in [0.05, 0.1) is 12.0 Å². The third-order valence-electron chi connectivity index (χ3n) is 3.99. The highest BCUT2D eigenvalue weighted by atomic mass is 19.1. The predicted octanol–water partition coefficient (Wildman–Crippen LogP) is 3.47. The zero-order valence-electron chi connectivity index (χ0n) is 12.1. The third-order valence-corrected chi connectivity index (χ3v) is 3.99. The lowest BCUT2D eigenvalue weighted by Gasteiger charge is -2.31. The normalized spacial score (nSPS) is 24.4. The predicted molar refractivity (Wildman–Crippen MR) is 74.3 cm³/mol. The lowest BCUT2D eigenvalue weighted by atomic mass is 9.89. The molecule has 2 nitrogen and oxygen atoms in total. The molecular formula is C16H21FN2. The molecule has 1 aliphatic rings. The van der Waals surface area contributed by atoms with Gasteiger partial charge in [0.25, 0.3) is 0 Å². The summed E-state index contributed by atoms with van der Waals surface area (Å²) < 4.78 is 14.0. The van der Waals surface area contributed by atoms with Gasteiger partial charge in [-0.3, -0.25) is 4.90 Å². The first-order valence-corrected chi connectivity index (χ1v) is 6.73. The van der Waals surface area contributed by atoms with Gasteiger partial charge in [0.15, 0.2) is 0 Å². The highest BCUT2D eigenvalue weighted by Gasteiger charge is 2.39. The van der Waals surface area contributed by atoms with Crippen LogP contribution in [0.5, 0.6) is 0 Å². The van der Waals surface area contributed by atoms with Crippen LogP contribution in [0.2, 0.25) is 0 Å². The second kappa shape index (κ2) is 4.94. The van der Waals surface area contributed by atoms with Crippen LogP contribution in [0, 0.1) is 30.0 Å². The molecule has 3 heteroatoms. The molecule has 2 rings (SSSR count). The lowest BCUT2D eigenvalue weighted by molar-refractivity contribution is 0.170. The molecule has 0 aromatic heterocycles. The third kappa shape index (κ3) is 2.79. The fraction of sp³-hybridized carbons (Fsp3) is 0.562. The molecule has 102 valence electrons. The molecule has 0 spiro atoms. The van der Waals surface area contributed by atoms with Crippen molar-refractivity contribution in [1.82, 2.24) is 4.90 Å². The fourth-order valence-corrected chi connectivity index (χ4v) is 2.74. The van der Waals surface area contributed by atoms with Gasteiger partial charge in [0.2, 0.25) is 0 Å². The summed E-state index contributed by atoms with van der Waals surface area (Å²) in [6, 6.07) is 7.53. The SMILES string of the molecule is Cc1ccc(F)c([C@H]2CN(C(C)(C)C)C[C@@H]2C#N)c1. The quantitative estimate of drug-likeness (QED) is 0.773. The van der Waals surface area contributed by atoms with Gasteiger partial charge in [-0.25, -0.2) is 4.39 Å². The molecule has 0 saturated carbocycles. The average Bonchev–Trinajstić information content (AvgIpc) is 2.76. The van der Waals surface area contributed by atoms with Crippen LogP contribution in [0.4, 0.5) is 4.39 Å². The number of likely N-dealkylation sites (tertiary alicyclic amines) is 1. The summed E-state index contributed by atoms with van der Waals surface area (Å²) in [5.41, 5.74) is 1.75. The van der Waals surface area contributed by atoms with Crippen LogP contribution >= 0.6 is 0 Å². The van der Waals surface area contributed by atoms with Crippen LogP contribution in [0.1, 0.15) is 37.8 Å². The van der Waals surface area contributed by atoms with Gasteiger partial charge in [0.1, 0.15) is 5.82 Å². The molecule has 0 radical (unpaired) electrons. The second-order valence-corrected chi connectivity index (χ2v) is 6.44. The first-order valence-electron chi connectivity index (χ1n) is 6.73. The highest BCUT2D eigenvalue weighted by molar-refractivity contribution is 5.30. The highest BCUT2D eigenvalue weighted by Crippen LogP contribution is 2.37. The first kappa shape index (κ1) is 14.0. The van der Waals surface area contributed by atoms with Crippen molar-refractivity contribution in [3.8, 4) is 6.07 Å². The van der Waals surface area contributed by atoms with Gasteiger partial charge >= 0.3 is 0 Å². The Morgan fingerprint density at radius 2 is 2.00 bits per heavy atom. The Labute approximate surface area is 114 Å². The molecule has 2 atom stereocenters. The Morgan fingerprint density at radius 1 is 1.32 bits per heavy atom. The maximum absolute atomic E-state index is 14.0. The number of hydrogen-bond acceptors (Lipinski definition) is 2. The van der Waals surface area contributed by atoms with Crippen LogP contribution in [0.15, 0.2) is 18.2 Å². The Hall–Kier alpha value is -1.40. The van der Waals surface area contributed by atoms with Crippen LogP contribution in [-0.2, 0) is 0 Å². The van der Waals surface area contributed by atoms with Gasteiger partial charge in [-0.1, -0.05) is 17.7 Å². The minimum Gasteiger partial charge on any atom is -0.297 e. The number of halogens is 1. The molecule has 1 aromatic carbocycles. The maximum atomic E-state index is 14.0. The number of rotatable bonds is 1. The average molecular weight is 260 g/mol. The van der Waals surface area contributed by atoms with E-state index < -0.39 is 0 Å². The van der Waals surface area contributed by atoms with E-state index in [1.807, 2.05) is 13.0 Å². The van der Waals surface area contributed by atoms with E-state index in [-0.39, 0.29) is 23.2 Å². The zero-order chi connectivity index (χ0) is 14.2. The number of nitrogens with zero attached hydrogens (tertiary/aromatic N) is 2. The number of aryl methyl sites for hydroxylation is 1. The molecule has 1 saturated heterocycles. The molecular weight excluding hydrogens is 239 g/mol. The van der Waals surface area contributed by atoms with Crippen molar-refractivity contribution < 1.29 is 4.39 Å². The molecule has 1 aromatic rings. The summed E-state index contributed by atoms with van der Waals surface area (Å²) in [6.45, 7) is 9.84. The molecule has 0 amide bonds. The Balaban J connectivity index is 2.34. The summed E-state index contributed by atoms with van der Waals surface area (Å²) in [7, 11) is 0. The molecule has 1 heterocycles. The van der Waals surface area contributed by atoms with E-state index in [1.165, 1.54) is 6.07 Å². The first-order chi connectivity index (χ1) is 8.82. The van der Waals surface area contributed by atoms with Gasteiger partial charge in [0, 0.05) is 24.5 Å².